The van der Waals surface area contributed by atoms with Gasteiger partial charge in [-0.25, -0.2) is 4.98 Å². The predicted molar refractivity (Wildman–Crippen MR) is 75.4 cm³/mol. The number of nitrogens with one attached hydrogen (secondary N) is 1. The molecule has 6 heteroatoms. The zero-order valence-electron chi connectivity index (χ0n) is 9.68. The average molecular weight is 290 g/mol. The van der Waals surface area contributed by atoms with Gasteiger partial charge in [0, 0.05) is 5.38 Å². The Morgan fingerprint density at radius 3 is 3.16 bits per heavy atom. The molecule has 0 atom stereocenters. The van der Waals surface area contributed by atoms with Crippen LogP contribution in [0.25, 0.3) is 10.2 Å². The van der Waals surface area contributed by atoms with E-state index in [9.17, 15) is 0 Å². The quantitative estimate of drug-likeness (QED) is 0.791. The van der Waals surface area contributed by atoms with Crippen molar-refractivity contribution in [3.05, 3.63) is 46.3 Å². The van der Waals surface area contributed by atoms with Crippen molar-refractivity contribution in [1.82, 2.24) is 4.98 Å². The molecule has 0 bridgehead atoms. The highest BCUT2D eigenvalue weighted by Crippen LogP contribution is 2.34. The minimum Gasteiger partial charge on any atom is -0.467 e. The molecule has 3 aromatic rings. The first-order valence-electron chi connectivity index (χ1n) is 5.52. The number of furan rings is 1. The number of aromatic nitrogens is 1. The maximum absolute atomic E-state index is 9.00. The van der Waals surface area contributed by atoms with Gasteiger partial charge in [-0.2, -0.15) is 5.26 Å². The van der Waals surface area contributed by atoms with E-state index >= 15 is 0 Å². The van der Waals surface area contributed by atoms with E-state index in [-0.39, 0.29) is 0 Å². The van der Waals surface area contributed by atoms with Crippen molar-refractivity contribution < 1.29 is 4.42 Å². The first kappa shape index (κ1) is 12.0. The number of hydrogen-bond acceptors (Lipinski definition) is 5. The Bertz CT molecular complexity index is 758. The Hall–Kier alpha value is -2.03. The lowest BCUT2D eigenvalue weighted by atomic mass is 10.3. The number of pyridine rings is 1. The number of nitrogens with zero attached hydrogens (tertiary/aromatic N) is 2. The van der Waals surface area contributed by atoms with Crippen molar-refractivity contribution in [2.45, 2.75) is 6.54 Å². The standard InChI is InChI=1S/C13H8ClN3OS/c14-10-7-19-13-11(4-8(5-15)17-12(10)13)16-6-9-2-1-3-18-9/h1-4,7H,6H2,(H,16,17). The number of fused-ring (bicyclic) bond motifs is 1. The Morgan fingerprint density at radius 2 is 2.42 bits per heavy atom. The number of nitriles is 1. The van der Waals surface area contributed by atoms with Gasteiger partial charge in [-0.1, -0.05) is 11.6 Å². The number of halogens is 1. The van der Waals surface area contributed by atoms with Gasteiger partial charge in [0.25, 0.3) is 0 Å². The van der Waals surface area contributed by atoms with Crippen LogP contribution in [0.15, 0.2) is 34.3 Å². The Kier molecular flexibility index (Phi) is 3.11. The van der Waals surface area contributed by atoms with Gasteiger partial charge in [-0.15, -0.1) is 11.3 Å². The topological polar surface area (TPSA) is 61.9 Å². The lowest BCUT2D eigenvalue weighted by Gasteiger charge is -2.06. The Balaban J connectivity index is 1.99. The van der Waals surface area contributed by atoms with Crippen molar-refractivity contribution >= 4 is 38.8 Å². The van der Waals surface area contributed by atoms with Gasteiger partial charge in [-0.05, 0) is 18.2 Å². The van der Waals surface area contributed by atoms with Gasteiger partial charge >= 0.3 is 0 Å². The molecule has 1 N–H and O–H groups in total. The predicted octanol–water partition coefficient (Wildman–Crippen LogP) is 4.03. The molecule has 0 aromatic carbocycles. The fourth-order valence-electron chi connectivity index (χ4n) is 1.77. The Labute approximate surface area is 118 Å². The molecule has 0 fully saturated rings. The zero-order valence-corrected chi connectivity index (χ0v) is 11.3. The third-order valence-corrected chi connectivity index (χ3v) is 4.05. The number of thiophene rings is 1. The second-order valence-electron chi connectivity index (χ2n) is 3.86. The van der Waals surface area contributed by atoms with Crippen molar-refractivity contribution in [2.75, 3.05) is 5.32 Å². The second kappa shape index (κ2) is 4.92. The molecule has 3 rings (SSSR count). The van der Waals surface area contributed by atoms with Crippen LogP contribution in [-0.2, 0) is 6.54 Å². The number of hydrogen-bond donors (Lipinski definition) is 1. The summed E-state index contributed by atoms with van der Waals surface area (Å²) < 4.78 is 6.20. The largest absolute Gasteiger partial charge is 0.467 e. The fraction of sp³-hybridized carbons (Fsp3) is 0.0769. The van der Waals surface area contributed by atoms with Crippen LogP contribution in [-0.4, -0.2) is 4.98 Å². The van der Waals surface area contributed by atoms with E-state index < -0.39 is 0 Å². The molecule has 3 heterocycles. The molecule has 0 spiro atoms. The highest BCUT2D eigenvalue weighted by atomic mass is 35.5. The van der Waals surface area contributed by atoms with E-state index in [1.54, 1.807) is 12.3 Å². The second-order valence-corrected chi connectivity index (χ2v) is 5.15. The van der Waals surface area contributed by atoms with E-state index in [0.717, 1.165) is 16.1 Å². The summed E-state index contributed by atoms with van der Waals surface area (Å²) in [6, 6.07) is 7.48. The molecule has 0 amide bonds. The van der Waals surface area contributed by atoms with Crippen LogP contribution in [0.3, 0.4) is 0 Å². The molecule has 0 radical (unpaired) electrons. The smallest absolute Gasteiger partial charge is 0.143 e. The third kappa shape index (κ3) is 2.28. The van der Waals surface area contributed by atoms with Crippen LogP contribution in [0, 0.1) is 11.3 Å². The molecule has 0 saturated heterocycles. The van der Waals surface area contributed by atoms with Crippen LogP contribution in [0.5, 0.6) is 0 Å². The molecule has 0 aliphatic rings. The third-order valence-electron chi connectivity index (χ3n) is 2.63. The minimum absolute atomic E-state index is 0.342. The van der Waals surface area contributed by atoms with Gasteiger partial charge in [0.05, 0.1) is 28.2 Å². The minimum atomic E-state index is 0.342. The van der Waals surface area contributed by atoms with Crippen molar-refractivity contribution in [3.8, 4) is 6.07 Å². The summed E-state index contributed by atoms with van der Waals surface area (Å²) in [7, 11) is 0. The van der Waals surface area contributed by atoms with Crippen LogP contribution in [0.4, 0.5) is 5.69 Å². The van der Waals surface area contributed by atoms with E-state index in [1.807, 2.05) is 23.6 Å². The van der Waals surface area contributed by atoms with Crippen molar-refractivity contribution in [1.29, 1.82) is 5.26 Å². The van der Waals surface area contributed by atoms with Crippen LogP contribution < -0.4 is 5.32 Å². The molecule has 0 aliphatic heterocycles. The van der Waals surface area contributed by atoms with Gasteiger partial charge in [0.1, 0.15) is 23.0 Å². The summed E-state index contributed by atoms with van der Waals surface area (Å²) in [5.74, 6) is 0.825. The molecular weight excluding hydrogens is 282 g/mol. The SMILES string of the molecule is N#Cc1cc(NCc2ccco2)c2scc(Cl)c2n1. The molecule has 4 nitrogen and oxygen atoms in total. The highest BCUT2D eigenvalue weighted by molar-refractivity contribution is 7.18. The molecule has 0 unspecified atom stereocenters. The van der Waals surface area contributed by atoms with Crippen LogP contribution >= 0.6 is 22.9 Å². The first-order chi connectivity index (χ1) is 9.28. The Morgan fingerprint density at radius 1 is 1.53 bits per heavy atom. The molecule has 0 aliphatic carbocycles. The monoisotopic (exact) mass is 289 g/mol. The lowest BCUT2D eigenvalue weighted by Crippen LogP contribution is -1.99. The fourth-order valence-corrected chi connectivity index (χ4v) is 2.95. The van der Waals surface area contributed by atoms with E-state index in [1.165, 1.54) is 11.3 Å². The van der Waals surface area contributed by atoms with E-state index in [2.05, 4.69) is 10.3 Å². The number of anilines is 1. The number of rotatable bonds is 3. The van der Waals surface area contributed by atoms with Gasteiger partial charge < -0.3 is 9.73 Å². The summed E-state index contributed by atoms with van der Waals surface area (Å²) in [4.78, 5) is 4.21. The lowest BCUT2D eigenvalue weighted by molar-refractivity contribution is 0.518. The van der Waals surface area contributed by atoms with Gasteiger partial charge in [0.2, 0.25) is 0 Å². The summed E-state index contributed by atoms with van der Waals surface area (Å²) in [6.45, 7) is 0.548. The normalized spacial score (nSPS) is 10.5. The maximum Gasteiger partial charge on any atom is 0.143 e. The van der Waals surface area contributed by atoms with E-state index in [0.29, 0.717) is 22.8 Å². The highest BCUT2D eigenvalue weighted by Gasteiger charge is 2.11. The van der Waals surface area contributed by atoms with Gasteiger partial charge in [-0.3, -0.25) is 0 Å². The zero-order chi connectivity index (χ0) is 13.2. The molecule has 94 valence electrons. The molecule has 3 aromatic heterocycles. The average Bonchev–Trinajstić information content (AvgIpc) is 3.06. The molecule has 19 heavy (non-hydrogen) atoms. The maximum atomic E-state index is 9.00. The summed E-state index contributed by atoms with van der Waals surface area (Å²) >= 11 is 7.57. The molecular formula is C13H8ClN3OS. The summed E-state index contributed by atoms with van der Waals surface area (Å²) in [5, 5.41) is 14.6. The van der Waals surface area contributed by atoms with Crippen molar-refractivity contribution in [2.24, 2.45) is 0 Å². The van der Waals surface area contributed by atoms with Crippen LogP contribution in [0.2, 0.25) is 5.02 Å². The summed E-state index contributed by atoms with van der Waals surface area (Å²) in [5.41, 5.74) is 1.84. The van der Waals surface area contributed by atoms with Crippen molar-refractivity contribution in [3.63, 3.8) is 0 Å². The van der Waals surface area contributed by atoms with E-state index in [4.69, 9.17) is 21.3 Å². The first-order valence-corrected chi connectivity index (χ1v) is 6.78. The summed E-state index contributed by atoms with van der Waals surface area (Å²) in [6.07, 6.45) is 1.63. The molecule has 0 saturated carbocycles. The van der Waals surface area contributed by atoms with Gasteiger partial charge in [0.15, 0.2) is 0 Å². The van der Waals surface area contributed by atoms with Crippen LogP contribution in [0.1, 0.15) is 11.5 Å².